The summed E-state index contributed by atoms with van der Waals surface area (Å²) in [5.41, 5.74) is -0.312. The van der Waals surface area contributed by atoms with Crippen LogP contribution < -0.4 is 10.5 Å². The minimum Gasteiger partial charge on any atom is -0.493 e. The van der Waals surface area contributed by atoms with Crippen LogP contribution in [0.2, 0.25) is 0 Å². The highest BCUT2D eigenvalue weighted by molar-refractivity contribution is 5.33. The molecule has 6 nitrogen and oxygen atoms in total. The first kappa shape index (κ1) is 10.5. The van der Waals surface area contributed by atoms with Gasteiger partial charge in [0.05, 0.1) is 5.56 Å². The minimum atomic E-state index is -0.421. The maximum atomic E-state index is 11.4. The maximum Gasteiger partial charge on any atom is 0.259 e. The van der Waals surface area contributed by atoms with Gasteiger partial charge in [-0.15, -0.1) is 0 Å². The molecular formula is C8H13N3O3. The summed E-state index contributed by atoms with van der Waals surface area (Å²) < 4.78 is 0. The van der Waals surface area contributed by atoms with Crippen LogP contribution >= 0.6 is 0 Å². The third-order valence-electron chi connectivity index (χ3n) is 1.77. The van der Waals surface area contributed by atoms with Gasteiger partial charge in [-0.05, 0) is 0 Å². The second kappa shape index (κ2) is 4.10. The van der Waals surface area contributed by atoms with Gasteiger partial charge in [0.1, 0.15) is 0 Å². The SMILES string of the molecule is CN(C)c1nc(O)c(CCO)c(=O)[nH]1. The lowest BCUT2D eigenvalue weighted by Crippen LogP contribution is -2.21. The van der Waals surface area contributed by atoms with Crippen LogP contribution in [0.4, 0.5) is 5.95 Å². The van der Waals surface area contributed by atoms with Crippen LogP contribution in [-0.2, 0) is 6.42 Å². The molecule has 0 atom stereocenters. The number of anilines is 1. The zero-order valence-corrected chi connectivity index (χ0v) is 8.11. The summed E-state index contributed by atoms with van der Waals surface area (Å²) in [7, 11) is 3.40. The van der Waals surface area contributed by atoms with Gasteiger partial charge >= 0.3 is 0 Å². The van der Waals surface area contributed by atoms with Crippen molar-refractivity contribution < 1.29 is 10.2 Å². The van der Waals surface area contributed by atoms with Crippen molar-refractivity contribution >= 4 is 5.95 Å². The lowest BCUT2D eigenvalue weighted by atomic mass is 10.2. The van der Waals surface area contributed by atoms with E-state index in [0.29, 0.717) is 0 Å². The summed E-state index contributed by atoms with van der Waals surface area (Å²) >= 11 is 0. The molecule has 1 aromatic heterocycles. The van der Waals surface area contributed by atoms with Crippen LogP contribution in [0.1, 0.15) is 5.56 Å². The Morgan fingerprint density at radius 2 is 2.14 bits per heavy atom. The lowest BCUT2D eigenvalue weighted by molar-refractivity contribution is 0.296. The summed E-state index contributed by atoms with van der Waals surface area (Å²) in [6.45, 7) is -0.195. The van der Waals surface area contributed by atoms with Crippen LogP contribution in [0.25, 0.3) is 0 Å². The molecule has 0 radical (unpaired) electrons. The van der Waals surface area contributed by atoms with E-state index in [4.69, 9.17) is 5.11 Å². The van der Waals surface area contributed by atoms with Gasteiger partial charge in [-0.25, -0.2) is 0 Å². The van der Waals surface area contributed by atoms with Gasteiger partial charge in [-0.3, -0.25) is 9.78 Å². The van der Waals surface area contributed by atoms with E-state index in [1.165, 1.54) is 0 Å². The van der Waals surface area contributed by atoms with Crippen molar-refractivity contribution in [2.45, 2.75) is 6.42 Å². The fourth-order valence-electron chi connectivity index (χ4n) is 1.02. The number of rotatable bonds is 3. The molecule has 0 saturated carbocycles. The first-order valence-corrected chi connectivity index (χ1v) is 4.16. The van der Waals surface area contributed by atoms with Crippen molar-refractivity contribution in [3.8, 4) is 5.88 Å². The van der Waals surface area contributed by atoms with Gasteiger partial charge in [0, 0.05) is 27.1 Å². The second-order valence-electron chi connectivity index (χ2n) is 3.06. The first-order chi connectivity index (χ1) is 6.56. The summed E-state index contributed by atoms with van der Waals surface area (Å²) in [5, 5.41) is 18.0. The molecule has 1 rings (SSSR count). The van der Waals surface area contributed by atoms with Gasteiger partial charge in [0.2, 0.25) is 11.8 Å². The fraction of sp³-hybridized carbons (Fsp3) is 0.500. The Labute approximate surface area is 80.8 Å². The fourth-order valence-corrected chi connectivity index (χ4v) is 1.02. The van der Waals surface area contributed by atoms with E-state index >= 15 is 0 Å². The second-order valence-corrected chi connectivity index (χ2v) is 3.06. The molecule has 14 heavy (non-hydrogen) atoms. The molecule has 0 aliphatic heterocycles. The molecule has 0 aliphatic carbocycles. The smallest absolute Gasteiger partial charge is 0.259 e. The number of H-pyrrole nitrogens is 1. The molecule has 78 valence electrons. The molecule has 0 spiro atoms. The third-order valence-corrected chi connectivity index (χ3v) is 1.77. The molecule has 1 heterocycles. The Bertz CT molecular complexity index is 373. The van der Waals surface area contributed by atoms with Crippen molar-refractivity contribution in [1.82, 2.24) is 9.97 Å². The highest BCUT2D eigenvalue weighted by atomic mass is 16.3. The number of aromatic hydroxyl groups is 1. The lowest BCUT2D eigenvalue weighted by Gasteiger charge is -2.11. The monoisotopic (exact) mass is 199 g/mol. The van der Waals surface area contributed by atoms with Crippen molar-refractivity contribution in [2.24, 2.45) is 0 Å². The minimum absolute atomic E-state index is 0.0991. The molecule has 0 amide bonds. The molecule has 0 bridgehead atoms. The van der Waals surface area contributed by atoms with E-state index < -0.39 is 5.56 Å². The normalized spacial score (nSPS) is 10.2. The largest absolute Gasteiger partial charge is 0.493 e. The molecule has 0 aliphatic rings. The molecule has 0 aromatic carbocycles. The van der Waals surface area contributed by atoms with E-state index in [1.54, 1.807) is 19.0 Å². The van der Waals surface area contributed by atoms with Crippen LogP contribution in [-0.4, -0.2) is 40.9 Å². The molecule has 6 heteroatoms. The van der Waals surface area contributed by atoms with E-state index in [2.05, 4.69) is 9.97 Å². The highest BCUT2D eigenvalue weighted by Gasteiger charge is 2.10. The standard InChI is InChI=1S/C8H13N3O3/c1-11(2)8-9-6(13)5(3-4-12)7(14)10-8/h12H,3-4H2,1-2H3,(H2,9,10,13,14). The van der Waals surface area contributed by atoms with Crippen molar-refractivity contribution in [1.29, 1.82) is 0 Å². The predicted molar refractivity (Wildman–Crippen MR) is 51.6 cm³/mol. The molecule has 1 aromatic rings. The quantitative estimate of drug-likeness (QED) is 0.585. The average Bonchev–Trinajstić information content (AvgIpc) is 2.10. The summed E-state index contributed by atoms with van der Waals surface area (Å²) in [6.07, 6.45) is 0.0991. The highest BCUT2D eigenvalue weighted by Crippen LogP contribution is 2.11. The predicted octanol–water partition coefficient (Wildman–Crippen LogP) is -0.924. The van der Waals surface area contributed by atoms with Crippen LogP contribution in [0, 0.1) is 0 Å². The number of hydrogen-bond donors (Lipinski definition) is 3. The van der Waals surface area contributed by atoms with E-state index in [9.17, 15) is 9.90 Å². The molecule has 0 saturated heterocycles. The number of nitrogens with zero attached hydrogens (tertiary/aromatic N) is 2. The third kappa shape index (κ3) is 2.02. The van der Waals surface area contributed by atoms with Crippen LogP contribution in [0.3, 0.4) is 0 Å². The Hall–Kier alpha value is -1.56. The van der Waals surface area contributed by atoms with Crippen molar-refractivity contribution in [3.63, 3.8) is 0 Å². The zero-order valence-electron chi connectivity index (χ0n) is 8.11. The van der Waals surface area contributed by atoms with Gasteiger partial charge in [-0.1, -0.05) is 0 Å². The van der Waals surface area contributed by atoms with Crippen molar-refractivity contribution in [2.75, 3.05) is 25.6 Å². The number of nitrogens with one attached hydrogen (secondary N) is 1. The molecular weight excluding hydrogens is 186 g/mol. The van der Waals surface area contributed by atoms with Crippen molar-refractivity contribution in [3.05, 3.63) is 15.9 Å². The van der Waals surface area contributed by atoms with Gasteiger partial charge in [0.25, 0.3) is 5.56 Å². The Kier molecular flexibility index (Phi) is 3.08. The Balaban J connectivity index is 3.18. The summed E-state index contributed by atoms with van der Waals surface area (Å²) in [5.74, 6) is -0.0410. The van der Waals surface area contributed by atoms with Gasteiger partial charge < -0.3 is 15.1 Å². The maximum absolute atomic E-state index is 11.4. The average molecular weight is 199 g/mol. The summed E-state index contributed by atoms with van der Waals surface area (Å²) in [6, 6.07) is 0. The van der Waals surface area contributed by atoms with Gasteiger partial charge in [-0.2, -0.15) is 4.98 Å². The number of hydrogen-bond acceptors (Lipinski definition) is 5. The van der Waals surface area contributed by atoms with E-state index in [1.807, 2.05) is 0 Å². The molecule has 0 fully saturated rings. The zero-order chi connectivity index (χ0) is 10.7. The topological polar surface area (TPSA) is 89.4 Å². The number of aromatic amines is 1. The van der Waals surface area contributed by atoms with E-state index in [-0.39, 0.29) is 30.4 Å². The number of aliphatic hydroxyl groups excluding tert-OH is 1. The van der Waals surface area contributed by atoms with E-state index in [0.717, 1.165) is 0 Å². The van der Waals surface area contributed by atoms with Gasteiger partial charge in [0.15, 0.2) is 0 Å². The summed E-state index contributed by atoms with van der Waals surface area (Å²) in [4.78, 5) is 19.2. The Morgan fingerprint density at radius 3 is 2.57 bits per heavy atom. The van der Waals surface area contributed by atoms with Crippen LogP contribution in [0.5, 0.6) is 5.88 Å². The molecule has 0 unspecified atom stereocenters. The Morgan fingerprint density at radius 1 is 1.50 bits per heavy atom. The van der Waals surface area contributed by atoms with Crippen LogP contribution in [0.15, 0.2) is 4.79 Å². The number of aromatic nitrogens is 2. The molecule has 3 N–H and O–H groups in total. The number of aliphatic hydroxyl groups is 1. The first-order valence-electron chi connectivity index (χ1n) is 4.16.